The minimum Gasteiger partial charge on any atom is -0.369 e. The number of aromatic nitrogens is 2. The van der Waals surface area contributed by atoms with E-state index in [1.54, 1.807) is 7.05 Å². The molecule has 2 aromatic rings. The van der Waals surface area contributed by atoms with E-state index in [9.17, 15) is 13.2 Å². The number of nitrogens with one attached hydrogen (secondary N) is 1. The van der Waals surface area contributed by atoms with Crippen molar-refractivity contribution in [2.75, 3.05) is 49.5 Å². The standard InChI is InChI=1S/C18H24N6O3S/c1-21-14-16-17(20-21)28(26,27)24(18(25)19-16)9-5-8-22-10-12-23(13-11-22)15-6-3-2-4-7-15/h2-4,6-7,14H,5,8-13H2,1H3,(H,19,25). The molecule has 28 heavy (non-hydrogen) atoms. The zero-order valence-corrected chi connectivity index (χ0v) is 16.6. The number of nitrogens with zero attached hydrogens (tertiary/aromatic N) is 5. The van der Waals surface area contributed by atoms with Gasteiger partial charge in [-0.15, -0.1) is 0 Å². The summed E-state index contributed by atoms with van der Waals surface area (Å²) in [5, 5.41) is 6.49. The molecule has 0 radical (unpaired) electrons. The number of aryl methyl sites for hydroxylation is 1. The van der Waals surface area contributed by atoms with E-state index in [1.165, 1.54) is 16.6 Å². The van der Waals surface area contributed by atoms with Crippen LogP contribution in [0.5, 0.6) is 0 Å². The van der Waals surface area contributed by atoms with Crippen LogP contribution in [0.1, 0.15) is 6.42 Å². The SMILES string of the molecule is Cn1cc2c(n1)S(=O)(=O)N(CCCN1CCN(c3ccccc3)CC1)C(=O)N2. The molecule has 10 heteroatoms. The Kier molecular flexibility index (Phi) is 4.98. The molecule has 0 saturated carbocycles. The Morgan fingerprint density at radius 3 is 2.50 bits per heavy atom. The molecule has 1 aromatic heterocycles. The summed E-state index contributed by atoms with van der Waals surface area (Å²) < 4.78 is 27.6. The van der Waals surface area contributed by atoms with Crippen LogP contribution in [0.25, 0.3) is 0 Å². The lowest BCUT2D eigenvalue weighted by Crippen LogP contribution is -2.48. The lowest BCUT2D eigenvalue weighted by atomic mass is 10.2. The van der Waals surface area contributed by atoms with Gasteiger partial charge in [0, 0.05) is 58.2 Å². The summed E-state index contributed by atoms with van der Waals surface area (Å²) in [6.07, 6.45) is 2.08. The normalized spacial score (nSPS) is 19.4. The van der Waals surface area contributed by atoms with Gasteiger partial charge in [-0.1, -0.05) is 18.2 Å². The molecule has 0 aliphatic carbocycles. The van der Waals surface area contributed by atoms with Gasteiger partial charge in [-0.2, -0.15) is 13.5 Å². The first kappa shape index (κ1) is 18.8. The minimum absolute atomic E-state index is 0.0916. The summed E-state index contributed by atoms with van der Waals surface area (Å²) in [6, 6.07) is 9.70. The summed E-state index contributed by atoms with van der Waals surface area (Å²) >= 11 is 0. The van der Waals surface area contributed by atoms with E-state index in [0.29, 0.717) is 6.42 Å². The van der Waals surface area contributed by atoms with E-state index < -0.39 is 16.1 Å². The number of piperazine rings is 1. The number of hydrogen-bond donors (Lipinski definition) is 1. The fraction of sp³-hybridized carbons (Fsp3) is 0.444. The maximum absolute atomic E-state index is 12.7. The predicted octanol–water partition coefficient (Wildman–Crippen LogP) is 1.17. The quantitative estimate of drug-likeness (QED) is 0.805. The van der Waals surface area contributed by atoms with E-state index in [-0.39, 0.29) is 17.3 Å². The summed E-state index contributed by atoms with van der Waals surface area (Å²) in [5.41, 5.74) is 1.46. The Morgan fingerprint density at radius 2 is 1.79 bits per heavy atom. The topological polar surface area (TPSA) is 90.8 Å². The highest BCUT2D eigenvalue weighted by molar-refractivity contribution is 7.89. The Bertz CT molecular complexity index is 951. The van der Waals surface area contributed by atoms with E-state index >= 15 is 0 Å². The molecule has 1 aromatic carbocycles. The molecular formula is C18H24N6O3S. The third kappa shape index (κ3) is 3.57. The Hall–Kier alpha value is -2.59. The molecule has 9 nitrogen and oxygen atoms in total. The first-order chi connectivity index (χ1) is 13.4. The van der Waals surface area contributed by atoms with E-state index in [1.807, 2.05) is 18.2 Å². The number of anilines is 2. The molecule has 4 rings (SSSR count). The summed E-state index contributed by atoms with van der Waals surface area (Å²) in [4.78, 5) is 16.9. The first-order valence-electron chi connectivity index (χ1n) is 9.35. The second kappa shape index (κ2) is 7.44. The van der Waals surface area contributed by atoms with Crippen LogP contribution in [-0.2, 0) is 17.1 Å². The van der Waals surface area contributed by atoms with Crippen LogP contribution in [0.15, 0.2) is 41.6 Å². The second-order valence-corrected chi connectivity index (χ2v) is 8.82. The van der Waals surface area contributed by atoms with Crippen LogP contribution in [0.3, 0.4) is 0 Å². The number of hydrogen-bond acceptors (Lipinski definition) is 6. The number of para-hydroxylation sites is 1. The lowest BCUT2D eigenvalue weighted by Gasteiger charge is -2.36. The highest BCUT2D eigenvalue weighted by Crippen LogP contribution is 2.28. The van der Waals surface area contributed by atoms with Gasteiger partial charge in [0.1, 0.15) is 5.69 Å². The zero-order valence-electron chi connectivity index (χ0n) is 15.8. The van der Waals surface area contributed by atoms with Crippen molar-refractivity contribution in [3.8, 4) is 0 Å². The van der Waals surface area contributed by atoms with Crippen molar-refractivity contribution in [2.24, 2.45) is 7.05 Å². The van der Waals surface area contributed by atoms with Crippen LogP contribution >= 0.6 is 0 Å². The highest BCUT2D eigenvalue weighted by atomic mass is 32.2. The van der Waals surface area contributed by atoms with E-state index in [2.05, 4.69) is 32.3 Å². The third-order valence-electron chi connectivity index (χ3n) is 5.13. The predicted molar refractivity (Wildman–Crippen MR) is 106 cm³/mol. The Labute approximate surface area is 164 Å². The van der Waals surface area contributed by atoms with Crippen LogP contribution in [0.4, 0.5) is 16.2 Å². The van der Waals surface area contributed by atoms with Gasteiger partial charge in [-0.25, -0.2) is 9.10 Å². The minimum atomic E-state index is -3.90. The maximum Gasteiger partial charge on any atom is 0.335 e. The van der Waals surface area contributed by atoms with Gasteiger partial charge < -0.3 is 10.2 Å². The van der Waals surface area contributed by atoms with Gasteiger partial charge in [0.2, 0.25) is 5.03 Å². The molecule has 1 fully saturated rings. The number of rotatable bonds is 5. The number of benzene rings is 1. The van der Waals surface area contributed by atoms with Crippen molar-refractivity contribution in [2.45, 2.75) is 11.4 Å². The highest BCUT2D eigenvalue weighted by Gasteiger charge is 2.39. The fourth-order valence-electron chi connectivity index (χ4n) is 3.66. The van der Waals surface area contributed by atoms with Crippen LogP contribution in [0.2, 0.25) is 0 Å². The lowest BCUT2D eigenvalue weighted by molar-refractivity contribution is 0.225. The monoisotopic (exact) mass is 404 g/mol. The molecule has 3 heterocycles. The summed E-state index contributed by atoms with van der Waals surface area (Å²) in [5.74, 6) is 0. The fourth-order valence-corrected chi connectivity index (χ4v) is 5.12. The molecule has 0 atom stereocenters. The zero-order chi connectivity index (χ0) is 19.7. The number of amides is 2. The number of carbonyl (C=O) groups excluding carboxylic acids is 1. The van der Waals surface area contributed by atoms with Crippen LogP contribution in [0, 0.1) is 0 Å². The van der Waals surface area contributed by atoms with Gasteiger partial charge >= 0.3 is 6.03 Å². The third-order valence-corrected chi connectivity index (χ3v) is 6.85. The Balaban J connectivity index is 1.30. The molecule has 2 aliphatic heterocycles. The smallest absolute Gasteiger partial charge is 0.335 e. The largest absolute Gasteiger partial charge is 0.369 e. The molecule has 1 saturated heterocycles. The van der Waals surface area contributed by atoms with Crippen molar-refractivity contribution >= 4 is 27.4 Å². The summed E-state index contributed by atoms with van der Waals surface area (Å²) in [7, 11) is -2.27. The van der Waals surface area contributed by atoms with Crippen molar-refractivity contribution in [1.29, 1.82) is 0 Å². The van der Waals surface area contributed by atoms with Gasteiger partial charge in [0.25, 0.3) is 10.0 Å². The average molecular weight is 404 g/mol. The number of fused-ring (bicyclic) bond motifs is 1. The van der Waals surface area contributed by atoms with Crippen LogP contribution in [-0.4, -0.2) is 72.7 Å². The van der Waals surface area contributed by atoms with E-state index in [0.717, 1.165) is 37.0 Å². The second-order valence-electron chi connectivity index (χ2n) is 7.05. The molecule has 0 bridgehead atoms. The van der Waals surface area contributed by atoms with Gasteiger partial charge in [0.05, 0.1) is 0 Å². The van der Waals surface area contributed by atoms with Crippen molar-refractivity contribution in [3.63, 3.8) is 0 Å². The van der Waals surface area contributed by atoms with Crippen molar-refractivity contribution < 1.29 is 13.2 Å². The van der Waals surface area contributed by atoms with Crippen molar-refractivity contribution in [3.05, 3.63) is 36.5 Å². The molecular weight excluding hydrogens is 380 g/mol. The summed E-state index contributed by atoms with van der Waals surface area (Å²) in [6.45, 7) is 4.59. The molecule has 2 amide bonds. The first-order valence-corrected chi connectivity index (χ1v) is 10.8. The molecule has 0 unspecified atom stereocenters. The average Bonchev–Trinajstić information content (AvgIpc) is 3.07. The number of sulfonamides is 1. The van der Waals surface area contributed by atoms with Gasteiger partial charge in [-0.3, -0.25) is 9.58 Å². The molecule has 0 spiro atoms. The molecule has 2 aliphatic rings. The van der Waals surface area contributed by atoms with Crippen LogP contribution < -0.4 is 10.2 Å². The number of carbonyl (C=O) groups is 1. The Morgan fingerprint density at radius 1 is 1.07 bits per heavy atom. The number of urea groups is 1. The van der Waals surface area contributed by atoms with E-state index in [4.69, 9.17) is 0 Å². The molecule has 150 valence electrons. The van der Waals surface area contributed by atoms with Gasteiger partial charge in [-0.05, 0) is 18.6 Å². The molecule has 1 N–H and O–H groups in total. The van der Waals surface area contributed by atoms with Crippen molar-refractivity contribution in [1.82, 2.24) is 19.0 Å². The maximum atomic E-state index is 12.7. The van der Waals surface area contributed by atoms with Gasteiger partial charge in [0.15, 0.2) is 0 Å².